The van der Waals surface area contributed by atoms with Crippen LogP contribution in [0.1, 0.15) is 26.7 Å². The van der Waals surface area contributed by atoms with Gasteiger partial charge in [0.2, 0.25) is 0 Å². The number of aromatic amines is 1. The number of fused-ring (bicyclic) bond motifs is 1. The Morgan fingerprint density at radius 3 is 2.55 bits per heavy atom. The van der Waals surface area contributed by atoms with E-state index >= 15 is 0 Å². The van der Waals surface area contributed by atoms with Gasteiger partial charge in [-0.05, 0) is 44.9 Å². The van der Waals surface area contributed by atoms with Gasteiger partial charge in [-0.15, -0.1) is 0 Å². The highest BCUT2D eigenvalue weighted by Gasteiger charge is 2.21. The molecule has 0 aliphatic carbocycles. The van der Waals surface area contributed by atoms with Crippen molar-refractivity contribution >= 4 is 16.6 Å². The fourth-order valence-electron chi connectivity index (χ4n) is 5.25. The van der Waals surface area contributed by atoms with Crippen LogP contribution in [0.25, 0.3) is 22.2 Å². The number of piperazine rings is 1. The number of rotatable bonds is 7. The first-order valence-electron chi connectivity index (χ1n) is 12.6. The summed E-state index contributed by atoms with van der Waals surface area (Å²) in [6.07, 6.45) is 6.36. The second-order valence-corrected chi connectivity index (χ2v) is 9.89. The highest BCUT2D eigenvalue weighted by atomic mass is 15.3. The molecule has 2 N–H and O–H groups in total. The average Bonchev–Trinajstić information content (AvgIpc) is 3.29. The van der Waals surface area contributed by atoms with E-state index < -0.39 is 0 Å². The maximum Gasteiger partial charge on any atom is 0.0559 e. The molecule has 0 amide bonds. The number of anilines is 1. The van der Waals surface area contributed by atoms with E-state index in [2.05, 4.69) is 80.2 Å². The number of benzene rings is 1. The predicted octanol–water partition coefficient (Wildman–Crippen LogP) is 3.81. The molecule has 0 bridgehead atoms. The van der Waals surface area contributed by atoms with Crippen LogP contribution in [0, 0.1) is 0 Å². The topological polar surface area (TPSA) is 50.4 Å². The molecule has 2 fully saturated rings. The van der Waals surface area contributed by atoms with Gasteiger partial charge in [0.25, 0.3) is 0 Å². The fourth-order valence-corrected chi connectivity index (χ4v) is 5.25. The molecule has 33 heavy (non-hydrogen) atoms. The van der Waals surface area contributed by atoms with Crippen molar-refractivity contribution in [3.05, 3.63) is 48.8 Å². The second-order valence-electron chi connectivity index (χ2n) is 9.89. The number of aromatic nitrogens is 2. The summed E-state index contributed by atoms with van der Waals surface area (Å²) < 4.78 is 0. The Labute approximate surface area is 198 Å². The third kappa shape index (κ3) is 5.40. The molecule has 5 rings (SSSR count). The summed E-state index contributed by atoms with van der Waals surface area (Å²) in [6.45, 7) is 13.9. The number of hydrogen-bond acceptors (Lipinski definition) is 5. The smallest absolute Gasteiger partial charge is 0.0559 e. The van der Waals surface area contributed by atoms with Crippen molar-refractivity contribution < 1.29 is 0 Å². The number of hydrogen-bond donors (Lipinski definition) is 2. The predicted molar refractivity (Wildman–Crippen MR) is 138 cm³/mol. The van der Waals surface area contributed by atoms with Gasteiger partial charge in [-0.25, -0.2) is 0 Å². The number of piperidine rings is 1. The molecule has 6 nitrogen and oxygen atoms in total. The van der Waals surface area contributed by atoms with Gasteiger partial charge in [-0.1, -0.05) is 18.2 Å². The minimum absolute atomic E-state index is 0.628. The lowest BCUT2D eigenvalue weighted by Crippen LogP contribution is -2.51. The van der Waals surface area contributed by atoms with E-state index in [0.29, 0.717) is 12.1 Å². The van der Waals surface area contributed by atoms with Crippen molar-refractivity contribution in [3.8, 4) is 11.3 Å². The van der Waals surface area contributed by atoms with Crippen LogP contribution in [0.15, 0.2) is 48.8 Å². The Morgan fingerprint density at radius 2 is 1.79 bits per heavy atom. The van der Waals surface area contributed by atoms with E-state index in [-0.39, 0.29) is 0 Å². The summed E-state index contributed by atoms with van der Waals surface area (Å²) in [6, 6.07) is 14.2. The molecule has 3 aromatic rings. The van der Waals surface area contributed by atoms with Gasteiger partial charge < -0.3 is 15.2 Å². The molecule has 2 aliphatic rings. The molecule has 0 radical (unpaired) electrons. The molecule has 0 saturated carbocycles. The molecule has 176 valence electrons. The first kappa shape index (κ1) is 22.4. The quantitative estimate of drug-likeness (QED) is 0.578. The summed E-state index contributed by atoms with van der Waals surface area (Å²) in [7, 11) is 0. The van der Waals surface area contributed by atoms with Crippen molar-refractivity contribution in [2.45, 2.75) is 38.8 Å². The van der Waals surface area contributed by atoms with Gasteiger partial charge >= 0.3 is 0 Å². The lowest BCUT2D eigenvalue weighted by atomic mass is 10.0. The molecular formula is C27H38N6. The summed E-state index contributed by atoms with van der Waals surface area (Å²) in [5.41, 5.74) is 4.69. The number of nitrogens with one attached hydrogen (secondary N) is 2. The second kappa shape index (κ2) is 10.2. The number of pyridine rings is 1. The fraction of sp³-hybridized carbons (Fsp3) is 0.519. The number of nitrogens with zero attached hydrogens (tertiary/aromatic N) is 4. The Bertz CT molecular complexity index is 995. The van der Waals surface area contributed by atoms with E-state index in [9.17, 15) is 0 Å². The minimum Gasteiger partial charge on any atom is -0.370 e. The summed E-state index contributed by atoms with van der Waals surface area (Å²) in [5.74, 6) is 0. The third-order valence-electron chi connectivity index (χ3n) is 7.42. The molecular weight excluding hydrogens is 408 g/mol. The van der Waals surface area contributed by atoms with Gasteiger partial charge in [-0.3, -0.25) is 14.8 Å². The average molecular weight is 447 g/mol. The zero-order valence-corrected chi connectivity index (χ0v) is 20.1. The summed E-state index contributed by atoms with van der Waals surface area (Å²) >= 11 is 0. The molecule has 2 aliphatic heterocycles. The number of H-pyrrole nitrogens is 1. The van der Waals surface area contributed by atoms with Crippen molar-refractivity contribution in [3.63, 3.8) is 0 Å². The minimum atomic E-state index is 0.628. The van der Waals surface area contributed by atoms with E-state index in [1.54, 1.807) is 0 Å². The maximum absolute atomic E-state index is 4.56. The Kier molecular flexibility index (Phi) is 6.95. The van der Waals surface area contributed by atoms with Crippen molar-refractivity contribution in [1.29, 1.82) is 0 Å². The SMILES string of the molecule is CC(C)N1CCN(CCNC2CCN(c3cncc(-c4cc5ccccc5[nH]4)c3)CC2)CC1. The van der Waals surface area contributed by atoms with Gasteiger partial charge in [0, 0.05) is 92.8 Å². The lowest BCUT2D eigenvalue weighted by molar-refractivity contribution is 0.108. The van der Waals surface area contributed by atoms with E-state index in [4.69, 9.17) is 0 Å². The standard InChI is InChI=1S/C27H38N6/c1-21(2)32-15-13-31(14-16-32)12-9-29-24-7-10-33(11-8-24)25-17-23(19-28-20-25)27-18-22-5-3-4-6-26(22)30-27/h3-6,17-21,24,29-30H,7-16H2,1-2H3. The largest absolute Gasteiger partial charge is 0.370 e. The highest BCUT2D eigenvalue weighted by Crippen LogP contribution is 2.27. The van der Waals surface area contributed by atoms with Crippen LogP contribution in [0.4, 0.5) is 5.69 Å². The molecule has 0 unspecified atom stereocenters. The molecule has 1 aromatic carbocycles. The molecule has 6 heteroatoms. The van der Waals surface area contributed by atoms with Gasteiger partial charge in [0.15, 0.2) is 0 Å². The normalized spacial score (nSPS) is 19.1. The van der Waals surface area contributed by atoms with Gasteiger partial charge in [0.05, 0.1) is 11.9 Å². The summed E-state index contributed by atoms with van der Waals surface area (Å²) in [4.78, 5) is 15.8. The molecule has 4 heterocycles. The first-order valence-corrected chi connectivity index (χ1v) is 12.6. The zero-order chi connectivity index (χ0) is 22.6. The Morgan fingerprint density at radius 1 is 1.00 bits per heavy atom. The highest BCUT2D eigenvalue weighted by molar-refractivity contribution is 5.86. The van der Waals surface area contributed by atoms with E-state index in [0.717, 1.165) is 30.9 Å². The van der Waals surface area contributed by atoms with Crippen LogP contribution < -0.4 is 10.2 Å². The third-order valence-corrected chi connectivity index (χ3v) is 7.42. The maximum atomic E-state index is 4.56. The van der Waals surface area contributed by atoms with Crippen LogP contribution in [-0.4, -0.2) is 84.2 Å². The van der Waals surface area contributed by atoms with Crippen LogP contribution >= 0.6 is 0 Å². The van der Waals surface area contributed by atoms with Crippen molar-refractivity contribution in [2.75, 3.05) is 57.3 Å². The van der Waals surface area contributed by atoms with Crippen molar-refractivity contribution in [2.24, 2.45) is 0 Å². The van der Waals surface area contributed by atoms with Gasteiger partial charge in [-0.2, -0.15) is 0 Å². The van der Waals surface area contributed by atoms with E-state index in [1.165, 1.54) is 62.2 Å². The molecule has 2 saturated heterocycles. The Balaban J connectivity index is 1.09. The monoisotopic (exact) mass is 446 g/mol. The molecule has 2 aromatic heterocycles. The Hall–Kier alpha value is -2.41. The first-order chi connectivity index (χ1) is 16.2. The van der Waals surface area contributed by atoms with Crippen LogP contribution in [0.2, 0.25) is 0 Å². The summed E-state index contributed by atoms with van der Waals surface area (Å²) in [5, 5.41) is 5.07. The van der Waals surface area contributed by atoms with E-state index in [1.807, 2.05) is 12.4 Å². The number of para-hydroxylation sites is 1. The van der Waals surface area contributed by atoms with Crippen molar-refractivity contribution in [1.82, 2.24) is 25.1 Å². The molecule has 0 atom stereocenters. The molecule has 0 spiro atoms. The van der Waals surface area contributed by atoms with Crippen LogP contribution in [0.3, 0.4) is 0 Å². The van der Waals surface area contributed by atoms with Gasteiger partial charge in [0.1, 0.15) is 0 Å². The van der Waals surface area contributed by atoms with Crippen LogP contribution in [-0.2, 0) is 0 Å². The van der Waals surface area contributed by atoms with Crippen LogP contribution in [0.5, 0.6) is 0 Å². The lowest BCUT2D eigenvalue weighted by Gasteiger charge is -2.37. The zero-order valence-electron chi connectivity index (χ0n) is 20.1.